The molecule has 1 aliphatic heterocycles. The molecule has 1 saturated heterocycles. The Balaban J connectivity index is 2.11. The molecule has 0 aliphatic carbocycles. The Bertz CT molecular complexity index is 1180. The third-order valence-electron chi connectivity index (χ3n) is 5.07. The largest absolute Gasteiger partial charge is 0.497 e. The van der Waals surface area contributed by atoms with Crippen LogP contribution in [-0.4, -0.2) is 33.9 Å². The van der Waals surface area contributed by atoms with Gasteiger partial charge in [-0.25, -0.2) is 0 Å². The third kappa shape index (κ3) is 4.36. The van der Waals surface area contributed by atoms with Gasteiger partial charge in [-0.05, 0) is 43.2 Å². The monoisotopic (exact) mass is 454 g/mol. The van der Waals surface area contributed by atoms with E-state index in [2.05, 4.69) is 5.32 Å². The van der Waals surface area contributed by atoms with Gasteiger partial charge in [0, 0.05) is 25.7 Å². The van der Waals surface area contributed by atoms with Crippen molar-refractivity contribution in [1.82, 2.24) is 9.47 Å². The van der Waals surface area contributed by atoms with Gasteiger partial charge in [-0.3, -0.25) is 19.1 Å². The number of thiocarbonyl (C=S) groups is 1. The number of pyridine rings is 1. The quantitative estimate of drug-likeness (QED) is 0.528. The molecule has 31 heavy (non-hydrogen) atoms. The summed E-state index contributed by atoms with van der Waals surface area (Å²) in [5.74, 6) is 1.11. The molecule has 1 fully saturated rings. The number of hydrogen-bond donors (Lipinski definition) is 1. The van der Waals surface area contributed by atoms with Crippen molar-refractivity contribution in [2.24, 2.45) is 0 Å². The summed E-state index contributed by atoms with van der Waals surface area (Å²) in [6.45, 7) is 4.38. The maximum atomic E-state index is 12.9. The van der Waals surface area contributed by atoms with Crippen molar-refractivity contribution in [3.63, 3.8) is 0 Å². The molecule has 1 amide bonds. The summed E-state index contributed by atoms with van der Waals surface area (Å²) in [6, 6.07) is 9.60. The Morgan fingerprint density at radius 2 is 1.97 bits per heavy atom. The normalized spacial score (nSPS) is 14.8. The van der Waals surface area contributed by atoms with Crippen LogP contribution in [0.15, 0.2) is 34.0 Å². The first-order valence-electron chi connectivity index (χ1n) is 9.58. The number of nitrogens with one attached hydrogen (secondary N) is 1. The van der Waals surface area contributed by atoms with Gasteiger partial charge in [0.2, 0.25) is 0 Å². The van der Waals surface area contributed by atoms with Crippen LogP contribution in [0.2, 0.25) is 0 Å². The van der Waals surface area contributed by atoms with Crippen LogP contribution in [0.25, 0.3) is 6.08 Å². The second-order valence-corrected chi connectivity index (χ2v) is 8.54. The fourth-order valence-corrected chi connectivity index (χ4v) is 4.42. The Kier molecular flexibility index (Phi) is 6.83. The smallest absolute Gasteiger partial charge is 0.270 e. The van der Waals surface area contributed by atoms with Gasteiger partial charge in [0.05, 0.1) is 12.0 Å². The second-order valence-electron chi connectivity index (χ2n) is 6.87. The molecule has 1 aliphatic rings. The number of methoxy groups -OCH3 is 1. The molecule has 2 aromatic rings. The zero-order valence-electron chi connectivity index (χ0n) is 17.7. The van der Waals surface area contributed by atoms with E-state index < -0.39 is 0 Å². The molecular formula is C22H22N4O3S2. The molecule has 0 bridgehead atoms. The number of anilines is 1. The van der Waals surface area contributed by atoms with Crippen LogP contribution in [-0.2, 0) is 17.9 Å². The molecule has 1 N–H and O–H groups in total. The van der Waals surface area contributed by atoms with E-state index in [1.807, 2.05) is 37.3 Å². The fourth-order valence-electron chi connectivity index (χ4n) is 3.26. The van der Waals surface area contributed by atoms with Gasteiger partial charge in [-0.15, -0.1) is 0 Å². The number of ether oxygens (including phenoxy) is 1. The van der Waals surface area contributed by atoms with Crippen molar-refractivity contribution >= 4 is 46.1 Å². The van der Waals surface area contributed by atoms with E-state index in [-0.39, 0.29) is 17.0 Å². The molecule has 160 valence electrons. The number of likely N-dealkylation sites (N-methyl/N-ethyl adjacent to an activating group) is 1. The lowest BCUT2D eigenvalue weighted by atomic mass is 10.0. The highest BCUT2D eigenvalue weighted by Gasteiger charge is 2.30. The topological polar surface area (TPSA) is 87.4 Å². The molecule has 7 nitrogen and oxygen atoms in total. The summed E-state index contributed by atoms with van der Waals surface area (Å²) in [5.41, 5.74) is 1.84. The van der Waals surface area contributed by atoms with Crippen LogP contribution in [0.1, 0.15) is 29.2 Å². The van der Waals surface area contributed by atoms with Crippen molar-refractivity contribution in [2.75, 3.05) is 19.5 Å². The summed E-state index contributed by atoms with van der Waals surface area (Å²) in [5, 5.41) is 12.9. The SMILES string of the molecule is CCn1c(NCc2ccc(OC)cc2)c(/C=C2/SC(=S)N(C)C2=O)c(C)c(C#N)c1=O. The number of nitrogens with zero attached hydrogens (tertiary/aromatic N) is 3. The number of amides is 1. The molecule has 0 atom stereocenters. The number of carbonyl (C=O) groups excluding carboxylic acids is 1. The molecule has 3 rings (SSSR count). The van der Waals surface area contributed by atoms with Crippen molar-refractivity contribution in [3.8, 4) is 11.8 Å². The van der Waals surface area contributed by atoms with Crippen LogP contribution < -0.4 is 15.6 Å². The van der Waals surface area contributed by atoms with E-state index in [0.717, 1.165) is 11.3 Å². The molecule has 1 aromatic heterocycles. The highest BCUT2D eigenvalue weighted by atomic mass is 32.2. The molecule has 0 unspecified atom stereocenters. The van der Waals surface area contributed by atoms with E-state index in [1.165, 1.54) is 21.2 Å². The molecular weight excluding hydrogens is 432 g/mol. The van der Waals surface area contributed by atoms with Crippen LogP contribution in [0.3, 0.4) is 0 Å². The molecule has 9 heteroatoms. The number of thioether (sulfide) groups is 1. The maximum Gasteiger partial charge on any atom is 0.270 e. The van der Waals surface area contributed by atoms with Gasteiger partial charge in [0.15, 0.2) is 0 Å². The van der Waals surface area contributed by atoms with Crippen molar-refractivity contribution in [1.29, 1.82) is 5.26 Å². The summed E-state index contributed by atoms with van der Waals surface area (Å²) in [4.78, 5) is 27.3. The van der Waals surface area contributed by atoms with E-state index in [1.54, 1.807) is 27.2 Å². The predicted octanol–water partition coefficient (Wildman–Crippen LogP) is 3.50. The Hall–Kier alpha value is -3.09. The summed E-state index contributed by atoms with van der Waals surface area (Å²) < 4.78 is 7.18. The minimum Gasteiger partial charge on any atom is -0.497 e. The van der Waals surface area contributed by atoms with E-state index in [9.17, 15) is 14.9 Å². The van der Waals surface area contributed by atoms with Crippen LogP contribution in [0, 0.1) is 18.3 Å². The van der Waals surface area contributed by atoms with Gasteiger partial charge in [-0.1, -0.05) is 36.1 Å². The first-order chi connectivity index (χ1) is 14.8. The maximum absolute atomic E-state index is 12.9. The van der Waals surface area contributed by atoms with Gasteiger partial charge in [-0.2, -0.15) is 5.26 Å². The average Bonchev–Trinajstić information content (AvgIpc) is 3.01. The lowest BCUT2D eigenvalue weighted by Crippen LogP contribution is -2.27. The number of hydrogen-bond acceptors (Lipinski definition) is 7. The van der Waals surface area contributed by atoms with E-state index in [0.29, 0.717) is 39.3 Å². The first-order valence-corrected chi connectivity index (χ1v) is 10.8. The molecule has 1 aromatic carbocycles. The number of aromatic nitrogens is 1. The lowest BCUT2D eigenvalue weighted by molar-refractivity contribution is -0.121. The third-order valence-corrected chi connectivity index (χ3v) is 6.56. The number of nitriles is 1. The minimum absolute atomic E-state index is 0.0649. The van der Waals surface area contributed by atoms with Crippen molar-refractivity contribution < 1.29 is 9.53 Å². The van der Waals surface area contributed by atoms with Gasteiger partial charge in [0.1, 0.15) is 27.5 Å². The molecule has 2 heterocycles. The zero-order valence-corrected chi connectivity index (χ0v) is 19.3. The number of carbonyl (C=O) groups is 1. The average molecular weight is 455 g/mol. The van der Waals surface area contributed by atoms with Crippen molar-refractivity contribution in [3.05, 3.63) is 61.8 Å². The predicted molar refractivity (Wildman–Crippen MR) is 127 cm³/mol. The summed E-state index contributed by atoms with van der Waals surface area (Å²) >= 11 is 6.43. The van der Waals surface area contributed by atoms with Crippen LogP contribution >= 0.6 is 24.0 Å². The van der Waals surface area contributed by atoms with E-state index in [4.69, 9.17) is 17.0 Å². The standard InChI is InChI=1S/C22H22N4O3S2/c1-5-26-19(24-12-14-6-8-15(29-4)9-7-14)16(13(2)17(11-23)20(26)27)10-18-21(28)25(3)22(30)31-18/h6-10,24H,5,12H2,1-4H3/b18-10+. The van der Waals surface area contributed by atoms with Gasteiger partial charge >= 0.3 is 0 Å². The van der Waals surface area contributed by atoms with Gasteiger partial charge in [0.25, 0.3) is 11.5 Å². The molecule has 0 spiro atoms. The summed E-state index contributed by atoms with van der Waals surface area (Å²) in [7, 11) is 3.24. The minimum atomic E-state index is -0.361. The summed E-state index contributed by atoms with van der Waals surface area (Å²) in [6.07, 6.45) is 1.71. The van der Waals surface area contributed by atoms with Crippen LogP contribution in [0.4, 0.5) is 5.82 Å². The second kappa shape index (κ2) is 9.37. The number of benzene rings is 1. The van der Waals surface area contributed by atoms with Gasteiger partial charge < -0.3 is 10.1 Å². The van der Waals surface area contributed by atoms with Crippen LogP contribution in [0.5, 0.6) is 5.75 Å². The Labute approximate surface area is 190 Å². The fraction of sp³-hybridized carbons (Fsp3) is 0.273. The van der Waals surface area contributed by atoms with Crippen molar-refractivity contribution in [2.45, 2.75) is 26.9 Å². The first kappa shape index (κ1) is 22.6. The Morgan fingerprint density at radius 1 is 1.29 bits per heavy atom. The molecule has 0 radical (unpaired) electrons. The van der Waals surface area contributed by atoms with E-state index >= 15 is 0 Å². The highest BCUT2D eigenvalue weighted by molar-refractivity contribution is 8.26. The zero-order chi connectivity index (χ0) is 22.7. The lowest BCUT2D eigenvalue weighted by Gasteiger charge is -2.19. The Morgan fingerprint density at radius 3 is 2.48 bits per heavy atom. The number of rotatable bonds is 6. The molecule has 0 saturated carbocycles. The highest BCUT2D eigenvalue weighted by Crippen LogP contribution is 2.34.